The maximum atomic E-state index is 12.7. The molecule has 0 bridgehead atoms. The molecule has 2 aliphatic heterocycles. The molecule has 1 aromatic carbocycles. The summed E-state index contributed by atoms with van der Waals surface area (Å²) in [6.07, 6.45) is 0.216. The molecule has 1 aromatic rings. The van der Waals surface area contributed by atoms with Gasteiger partial charge in [-0.15, -0.1) is 0 Å². The molecule has 2 aliphatic rings. The van der Waals surface area contributed by atoms with Crippen LogP contribution >= 0.6 is 0 Å². The maximum absolute atomic E-state index is 12.7. The Balaban J connectivity index is 1.75. The minimum Gasteiger partial charge on any atom is -0.395 e. The molecule has 0 radical (unpaired) electrons. The van der Waals surface area contributed by atoms with E-state index in [4.69, 9.17) is 10.8 Å². The highest BCUT2D eigenvalue weighted by Crippen LogP contribution is 2.28. The van der Waals surface area contributed by atoms with Crippen molar-refractivity contribution in [1.29, 1.82) is 0 Å². The molecule has 1 fully saturated rings. The van der Waals surface area contributed by atoms with Crippen LogP contribution in [0.3, 0.4) is 0 Å². The number of nitrogens with zero attached hydrogens (tertiary/aromatic N) is 1. The van der Waals surface area contributed by atoms with Crippen LogP contribution in [0.4, 0.5) is 0 Å². The zero-order valence-corrected chi connectivity index (χ0v) is 14.0. The van der Waals surface area contributed by atoms with Crippen molar-refractivity contribution in [2.45, 2.75) is 31.5 Å². The quantitative estimate of drug-likeness (QED) is 0.452. The number of carbonyl (C=O) groups excluding carboxylic acids is 4. The molecule has 0 aliphatic carbocycles. The van der Waals surface area contributed by atoms with E-state index in [1.807, 2.05) is 0 Å². The smallest absolute Gasteiger partial charge is 0.262 e. The number of amides is 4. The van der Waals surface area contributed by atoms with Crippen molar-refractivity contribution in [1.82, 2.24) is 15.5 Å². The van der Waals surface area contributed by atoms with Gasteiger partial charge in [0.2, 0.25) is 11.8 Å². The summed E-state index contributed by atoms with van der Waals surface area (Å²) in [6, 6.07) is 3.54. The minimum absolute atomic E-state index is 0.0874. The van der Waals surface area contributed by atoms with Crippen molar-refractivity contribution >= 4 is 23.6 Å². The number of hydrogen-bond donors (Lipinski definition) is 4. The Morgan fingerprint density at radius 2 is 1.96 bits per heavy atom. The summed E-state index contributed by atoms with van der Waals surface area (Å²) < 4.78 is 0. The summed E-state index contributed by atoms with van der Waals surface area (Å²) in [6.45, 7) is 0.689. The van der Waals surface area contributed by atoms with Gasteiger partial charge in [-0.3, -0.25) is 29.4 Å². The summed E-state index contributed by atoms with van der Waals surface area (Å²) >= 11 is 0. The summed E-state index contributed by atoms with van der Waals surface area (Å²) in [5.74, 6) is -2.09. The van der Waals surface area contributed by atoms with E-state index in [0.717, 1.165) is 10.5 Å². The van der Waals surface area contributed by atoms with Crippen LogP contribution in [0.5, 0.6) is 0 Å². The van der Waals surface area contributed by atoms with Crippen molar-refractivity contribution in [2.24, 2.45) is 5.73 Å². The van der Waals surface area contributed by atoms with Gasteiger partial charge in [0.25, 0.3) is 11.8 Å². The molecule has 2 atom stereocenters. The number of aliphatic hydroxyl groups is 1. The lowest BCUT2D eigenvalue weighted by Crippen LogP contribution is -2.54. The summed E-state index contributed by atoms with van der Waals surface area (Å²) in [4.78, 5) is 49.5. The third kappa shape index (κ3) is 3.36. The molecule has 1 saturated heterocycles. The number of carbonyl (C=O) groups is 4. The molecule has 5 N–H and O–H groups in total. The number of nitrogens with one attached hydrogen (secondary N) is 2. The minimum atomic E-state index is -0.968. The first-order valence-electron chi connectivity index (χ1n) is 8.34. The van der Waals surface area contributed by atoms with Gasteiger partial charge < -0.3 is 16.2 Å². The van der Waals surface area contributed by atoms with Crippen LogP contribution in [-0.4, -0.2) is 58.9 Å². The Morgan fingerprint density at radius 3 is 2.65 bits per heavy atom. The van der Waals surface area contributed by atoms with Gasteiger partial charge in [-0.2, -0.15) is 0 Å². The van der Waals surface area contributed by atoms with Gasteiger partial charge in [-0.25, -0.2) is 0 Å². The average molecular weight is 360 g/mol. The van der Waals surface area contributed by atoms with Gasteiger partial charge in [0.1, 0.15) is 6.04 Å². The predicted molar refractivity (Wildman–Crippen MR) is 89.9 cm³/mol. The molecule has 3 rings (SSSR count). The lowest BCUT2D eigenvalue weighted by molar-refractivity contribution is -0.136. The highest BCUT2D eigenvalue weighted by atomic mass is 16.3. The zero-order chi connectivity index (χ0) is 18.8. The molecule has 4 amide bonds. The molecule has 9 nitrogen and oxygen atoms in total. The fraction of sp³-hybridized carbons (Fsp3) is 0.412. The monoisotopic (exact) mass is 360 g/mol. The number of hydrogen-bond acceptors (Lipinski definition) is 7. The van der Waals surface area contributed by atoms with Crippen molar-refractivity contribution in [3.63, 3.8) is 0 Å². The van der Waals surface area contributed by atoms with Gasteiger partial charge in [0.15, 0.2) is 0 Å². The molecule has 1 unspecified atom stereocenters. The van der Waals surface area contributed by atoms with E-state index in [1.54, 1.807) is 18.2 Å². The summed E-state index contributed by atoms with van der Waals surface area (Å²) in [5, 5.41) is 14.1. The normalized spacial score (nSPS) is 21.0. The number of aliphatic hydroxyl groups excluding tert-OH is 1. The zero-order valence-electron chi connectivity index (χ0n) is 14.0. The van der Waals surface area contributed by atoms with E-state index < -0.39 is 29.7 Å². The Hall–Kier alpha value is -2.62. The summed E-state index contributed by atoms with van der Waals surface area (Å²) in [5.41, 5.74) is 6.88. The summed E-state index contributed by atoms with van der Waals surface area (Å²) in [7, 11) is 0. The molecule has 138 valence electrons. The first kappa shape index (κ1) is 18.2. The largest absolute Gasteiger partial charge is 0.395 e. The van der Waals surface area contributed by atoms with E-state index in [9.17, 15) is 19.2 Å². The van der Waals surface area contributed by atoms with E-state index in [1.165, 1.54) is 0 Å². The maximum Gasteiger partial charge on any atom is 0.262 e. The van der Waals surface area contributed by atoms with Crippen LogP contribution in [0.25, 0.3) is 0 Å². The molecule has 0 spiro atoms. The first-order chi connectivity index (χ1) is 12.4. The molecule has 0 aromatic heterocycles. The van der Waals surface area contributed by atoms with Gasteiger partial charge in [-0.1, -0.05) is 6.07 Å². The number of piperidine rings is 1. The van der Waals surface area contributed by atoms with Gasteiger partial charge in [-0.05, 0) is 24.1 Å². The molecule has 9 heteroatoms. The standard InChI is InChI=1S/C17H20N4O5/c18-10(8-22)7-19-6-9-1-2-11-12(5-9)17(26)21(16(11)25)13-3-4-14(23)20-15(13)24/h1-2,5,10,13,19,22H,3-4,6-8,18H2,(H,20,23,24)/t10-,13?/m1/s1. The predicted octanol–water partition coefficient (Wildman–Crippen LogP) is -1.50. The Morgan fingerprint density at radius 1 is 1.23 bits per heavy atom. The number of rotatable bonds is 6. The van der Waals surface area contributed by atoms with Crippen LogP contribution in [0, 0.1) is 0 Å². The second-order valence-electron chi connectivity index (χ2n) is 6.40. The lowest BCUT2D eigenvalue weighted by Gasteiger charge is -2.27. The van der Waals surface area contributed by atoms with Crippen molar-refractivity contribution in [3.05, 3.63) is 34.9 Å². The molecule has 2 heterocycles. The van der Waals surface area contributed by atoms with E-state index in [-0.39, 0.29) is 36.6 Å². The third-order valence-corrected chi connectivity index (χ3v) is 4.47. The van der Waals surface area contributed by atoms with Crippen molar-refractivity contribution < 1.29 is 24.3 Å². The van der Waals surface area contributed by atoms with Crippen LogP contribution in [0.15, 0.2) is 18.2 Å². The van der Waals surface area contributed by atoms with E-state index >= 15 is 0 Å². The second kappa shape index (κ2) is 7.32. The van der Waals surface area contributed by atoms with Crippen LogP contribution in [-0.2, 0) is 16.1 Å². The Kier molecular flexibility index (Phi) is 5.12. The van der Waals surface area contributed by atoms with Crippen LogP contribution in [0.2, 0.25) is 0 Å². The van der Waals surface area contributed by atoms with Crippen molar-refractivity contribution in [2.75, 3.05) is 13.2 Å². The van der Waals surface area contributed by atoms with Crippen molar-refractivity contribution in [3.8, 4) is 0 Å². The molecule has 0 saturated carbocycles. The van der Waals surface area contributed by atoms with Gasteiger partial charge in [0, 0.05) is 25.6 Å². The van der Waals surface area contributed by atoms with Crippen LogP contribution < -0.4 is 16.4 Å². The molecular weight excluding hydrogens is 340 g/mol. The van der Waals surface area contributed by atoms with Crippen LogP contribution in [0.1, 0.15) is 39.1 Å². The van der Waals surface area contributed by atoms with E-state index in [2.05, 4.69) is 10.6 Å². The topological polar surface area (TPSA) is 142 Å². The average Bonchev–Trinajstić information content (AvgIpc) is 2.86. The molecule has 26 heavy (non-hydrogen) atoms. The SMILES string of the molecule is N[C@@H](CO)CNCc1ccc2c(c1)C(=O)N(C1CCC(=O)NC1=O)C2=O. The highest BCUT2D eigenvalue weighted by Gasteiger charge is 2.44. The van der Waals surface area contributed by atoms with E-state index in [0.29, 0.717) is 13.1 Å². The fourth-order valence-corrected chi connectivity index (χ4v) is 3.09. The van der Waals surface area contributed by atoms with Gasteiger partial charge in [0.05, 0.1) is 17.7 Å². The highest BCUT2D eigenvalue weighted by molar-refractivity contribution is 6.23. The molecular formula is C17H20N4O5. The second-order valence-corrected chi connectivity index (χ2v) is 6.40. The third-order valence-electron chi connectivity index (χ3n) is 4.47. The number of fused-ring (bicyclic) bond motifs is 1. The number of nitrogens with two attached hydrogens (primary N) is 1. The first-order valence-corrected chi connectivity index (χ1v) is 8.34. The Bertz CT molecular complexity index is 778. The number of imide groups is 2. The van der Waals surface area contributed by atoms with Gasteiger partial charge >= 0.3 is 0 Å². The Labute approximate surface area is 149 Å². The fourth-order valence-electron chi connectivity index (χ4n) is 3.09. The lowest BCUT2D eigenvalue weighted by atomic mass is 10.0. The number of benzene rings is 1.